The fraction of sp³-hybridized carbons (Fsp3) is 0.706. The summed E-state index contributed by atoms with van der Waals surface area (Å²) in [6.07, 6.45) is 5.87. The normalized spacial score (nSPS) is 28.5. The number of likely N-dealkylation sites (tertiary alicyclic amines) is 1. The SMILES string of the molecule is CNC(=O)C[C@@H]1OC(C)(C)C[C@]12CCCN2C(=O)c1cnn(C)c1. The molecule has 1 aromatic heterocycles. The van der Waals surface area contributed by atoms with Crippen LogP contribution >= 0.6 is 0 Å². The predicted octanol–water partition coefficient (Wildman–Crippen LogP) is 1.10. The van der Waals surface area contributed by atoms with Crippen LogP contribution in [0.25, 0.3) is 0 Å². The van der Waals surface area contributed by atoms with Gasteiger partial charge in [-0.25, -0.2) is 0 Å². The van der Waals surface area contributed by atoms with Crippen molar-refractivity contribution in [3.05, 3.63) is 18.0 Å². The first-order valence-corrected chi connectivity index (χ1v) is 8.46. The molecule has 0 aliphatic carbocycles. The second kappa shape index (κ2) is 5.88. The molecule has 3 heterocycles. The summed E-state index contributed by atoms with van der Waals surface area (Å²) in [6.45, 7) is 4.75. The summed E-state index contributed by atoms with van der Waals surface area (Å²) >= 11 is 0. The van der Waals surface area contributed by atoms with Crippen molar-refractivity contribution < 1.29 is 14.3 Å². The van der Waals surface area contributed by atoms with E-state index in [0.29, 0.717) is 12.1 Å². The Kier molecular flexibility index (Phi) is 4.15. The van der Waals surface area contributed by atoms with Crippen molar-refractivity contribution in [1.29, 1.82) is 0 Å². The minimum absolute atomic E-state index is 0.0243. The maximum Gasteiger partial charge on any atom is 0.257 e. The number of nitrogens with zero attached hydrogens (tertiary/aromatic N) is 3. The third kappa shape index (κ3) is 2.81. The molecule has 0 saturated carbocycles. The lowest BCUT2D eigenvalue weighted by Crippen LogP contribution is -2.53. The van der Waals surface area contributed by atoms with Gasteiger partial charge in [0.1, 0.15) is 0 Å². The second-order valence-corrected chi connectivity index (χ2v) is 7.49. The zero-order valence-electron chi connectivity index (χ0n) is 14.8. The molecule has 7 heteroatoms. The molecular formula is C17H26N4O3. The van der Waals surface area contributed by atoms with Crippen molar-refractivity contribution in [2.24, 2.45) is 7.05 Å². The molecule has 2 aliphatic heterocycles. The Labute approximate surface area is 142 Å². The smallest absolute Gasteiger partial charge is 0.257 e. The number of aromatic nitrogens is 2. The first-order chi connectivity index (χ1) is 11.3. The molecule has 0 bridgehead atoms. The van der Waals surface area contributed by atoms with Crippen LogP contribution in [0.4, 0.5) is 0 Å². The van der Waals surface area contributed by atoms with E-state index in [2.05, 4.69) is 10.4 Å². The van der Waals surface area contributed by atoms with Crippen molar-refractivity contribution in [2.75, 3.05) is 13.6 Å². The highest BCUT2D eigenvalue weighted by atomic mass is 16.5. The molecule has 24 heavy (non-hydrogen) atoms. The predicted molar refractivity (Wildman–Crippen MR) is 88.5 cm³/mol. The molecule has 0 aromatic carbocycles. The zero-order chi connectivity index (χ0) is 17.5. The second-order valence-electron chi connectivity index (χ2n) is 7.49. The number of amides is 2. The molecule has 2 fully saturated rings. The highest BCUT2D eigenvalue weighted by molar-refractivity contribution is 5.94. The van der Waals surface area contributed by atoms with E-state index in [1.54, 1.807) is 31.2 Å². The Hall–Kier alpha value is -1.89. The molecule has 2 amide bonds. The molecule has 3 rings (SSSR count). The molecule has 0 unspecified atom stereocenters. The lowest BCUT2D eigenvalue weighted by molar-refractivity contribution is -0.126. The summed E-state index contributed by atoms with van der Waals surface area (Å²) in [4.78, 5) is 26.9. The Balaban J connectivity index is 1.92. The molecule has 2 atom stereocenters. The van der Waals surface area contributed by atoms with Gasteiger partial charge in [0.25, 0.3) is 5.91 Å². The third-order valence-electron chi connectivity index (χ3n) is 5.17. The van der Waals surface area contributed by atoms with Gasteiger partial charge in [0.15, 0.2) is 0 Å². The van der Waals surface area contributed by atoms with Crippen LogP contribution in [-0.4, -0.2) is 57.3 Å². The van der Waals surface area contributed by atoms with Gasteiger partial charge >= 0.3 is 0 Å². The van der Waals surface area contributed by atoms with Gasteiger partial charge in [0.05, 0.1) is 35.4 Å². The van der Waals surface area contributed by atoms with E-state index in [0.717, 1.165) is 19.3 Å². The van der Waals surface area contributed by atoms with E-state index in [4.69, 9.17) is 4.74 Å². The van der Waals surface area contributed by atoms with Gasteiger partial charge in [-0.05, 0) is 26.7 Å². The Morgan fingerprint density at radius 3 is 2.83 bits per heavy atom. The Bertz CT molecular complexity index is 654. The minimum Gasteiger partial charge on any atom is -0.369 e. The molecule has 132 valence electrons. The van der Waals surface area contributed by atoms with Crippen LogP contribution in [-0.2, 0) is 16.6 Å². The van der Waals surface area contributed by atoms with Gasteiger partial charge in [-0.3, -0.25) is 14.3 Å². The summed E-state index contributed by atoms with van der Waals surface area (Å²) in [7, 11) is 3.43. The lowest BCUT2D eigenvalue weighted by atomic mass is 9.82. The average Bonchev–Trinajstić information content (AvgIpc) is 3.17. The van der Waals surface area contributed by atoms with Crippen molar-refractivity contribution >= 4 is 11.8 Å². The molecular weight excluding hydrogens is 308 g/mol. The van der Waals surface area contributed by atoms with Crippen LogP contribution < -0.4 is 5.32 Å². The highest BCUT2D eigenvalue weighted by Crippen LogP contribution is 2.49. The maximum atomic E-state index is 13.0. The van der Waals surface area contributed by atoms with Crippen LogP contribution in [0.1, 0.15) is 49.9 Å². The monoisotopic (exact) mass is 334 g/mol. The minimum atomic E-state index is -0.414. The van der Waals surface area contributed by atoms with Crippen molar-refractivity contribution in [1.82, 2.24) is 20.0 Å². The van der Waals surface area contributed by atoms with Crippen LogP contribution in [0.2, 0.25) is 0 Å². The highest BCUT2D eigenvalue weighted by Gasteiger charge is 2.58. The van der Waals surface area contributed by atoms with Gasteiger partial charge in [-0.1, -0.05) is 0 Å². The number of hydrogen-bond acceptors (Lipinski definition) is 4. The van der Waals surface area contributed by atoms with Gasteiger partial charge in [0.2, 0.25) is 5.91 Å². The maximum absolute atomic E-state index is 13.0. The largest absolute Gasteiger partial charge is 0.369 e. The molecule has 7 nitrogen and oxygen atoms in total. The quantitative estimate of drug-likeness (QED) is 0.898. The van der Waals surface area contributed by atoms with Crippen LogP contribution in [0, 0.1) is 0 Å². The van der Waals surface area contributed by atoms with E-state index in [9.17, 15) is 9.59 Å². The fourth-order valence-corrected chi connectivity index (χ4v) is 4.30. The molecule has 1 N–H and O–H groups in total. The number of hydrogen-bond donors (Lipinski definition) is 1. The topological polar surface area (TPSA) is 76.5 Å². The van der Waals surface area contributed by atoms with E-state index < -0.39 is 5.54 Å². The lowest BCUT2D eigenvalue weighted by Gasteiger charge is -2.38. The first-order valence-electron chi connectivity index (χ1n) is 8.46. The first kappa shape index (κ1) is 17.0. The van der Waals surface area contributed by atoms with E-state index in [1.807, 2.05) is 18.7 Å². The number of carbonyl (C=O) groups excluding carboxylic acids is 2. The van der Waals surface area contributed by atoms with E-state index in [1.165, 1.54) is 0 Å². The standard InChI is InChI=1S/C17H26N4O3/c1-16(2)11-17(13(24-16)8-14(22)18-3)6-5-7-21(17)15(23)12-9-19-20(4)10-12/h9-10,13H,5-8,11H2,1-4H3,(H,18,22)/t13-,17+/m0/s1. The van der Waals surface area contributed by atoms with E-state index in [-0.39, 0.29) is 29.9 Å². The number of carbonyl (C=O) groups is 2. The van der Waals surface area contributed by atoms with Gasteiger partial charge in [-0.2, -0.15) is 5.10 Å². The van der Waals surface area contributed by atoms with Crippen molar-refractivity contribution in [3.8, 4) is 0 Å². The Morgan fingerprint density at radius 1 is 1.46 bits per heavy atom. The van der Waals surface area contributed by atoms with Gasteiger partial charge in [-0.15, -0.1) is 0 Å². The average molecular weight is 334 g/mol. The van der Waals surface area contributed by atoms with Crippen LogP contribution in [0.5, 0.6) is 0 Å². The Morgan fingerprint density at radius 2 is 2.21 bits per heavy atom. The molecule has 1 aromatic rings. The summed E-state index contributed by atoms with van der Waals surface area (Å²) in [5.41, 5.74) is -0.179. The summed E-state index contributed by atoms with van der Waals surface area (Å²) < 4.78 is 7.84. The molecule has 2 aliphatic rings. The van der Waals surface area contributed by atoms with Gasteiger partial charge < -0.3 is 15.0 Å². The number of ether oxygens (including phenoxy) is 1. The number of nitrogens with one attached hydrogen (secondary N) is 1. The van der Waals surface area contributed by atoms with Crippen molar-refractivity contribution in [2.45, 2.75) is 56.8 Å². The molecule has 2 saturated heterocycles. The number of aryl methyl sites for hydroxylation is 1. The van der Waals surface area contributed by atoms with Crippen LogP contribution in [0.15, 0.2) is 12.4 Å². The van der Waals surface area contributed by atoms with Crippen LogP contribution in [0.3, 0.4) is 0 Å². The summed E-state index contributed by atoms with van der Waals surface area (Å²) in [5.74, 6) is -0.0819. The molecule has 1 spiro atoms. The zero-order valence-corrected chi connectivity index (χ0v) is 14.8. The van der Waals surface area contributed by atoms with E-state index >= 15 is 0 Å². The summed E-state index contributed by atoms with van der Waals surface area (Å²) in [6, 6.07) is 0. The van der Waals surface area contributed by atoms with Gasteiger partial charge in [0, 0.05) is 33.3 Å². The summed E-state index contributed by atoms with van der Waals surface area (Å²) in [5, 5.41) is 6.78. The molecule has 0 radical (unpaired) electrons. The van der Waals surface area contributed by atoms with Crippen molar-refractivity contribution in [3.63, 3.8) is 0 Å². The third-order valence-corrected chi connectivity index (χ3v) is 5.17. The fourth-order valence-electron chi connectivity index (χ4n) is 4.30. The number of rotatable bonds is 3.